The van der Waals surface area contributed by atoms with Gasteiger partial charge in [0, 0.05) is 18.3 Å². The Hall–Kier alpha value is -1.57. The van der Waals surface area contributed by atoms with Gasteiger partial charge in [-0.3, -0.25) is 9.59 Å². The third kappa shape index (κ3) is 1.92. The van der Waals surface area contributed by atoms with Gasteiger partial charge in [-0.1, -0.05) is 13.8 Å². The highest BCUT2D eigenvalue weighted by Gasteiger charge is 2.72. The minimum Gasteiger partial charge on any atom is -0.458 e. The zero-order valence-electron chi connectivity index (χ0n) is 17.8. The molecule has 0 amide bonds. The maximum atomic E-state index is 13.0. The monoisotopic (exact) mass is 409 g/mol. The molecule has 0 N–H and O–H groups in total. The number of esters is 2. The third-order valence-electron chi connectivity index (χ3n) is 11.4. The second kappa shape index (κ2) is 5.61. The zero-order chi connectivity index (χ0) is 20.5. The number of nitriles is 1. The minimum atomic E-state index is -0.965. The average molecular weight is 410 g/mol. The Balaban J connectivity index is 1.03. The molecule has 0 aromatic carbocycles. The fourth-order valence-corrected chi connectivity index (χ4v) is 10.3. The van der Waals surface area contributed by atoms with E-state index < -0.39 is 11.5 Å². The fraction of sp³-hybridized carbons (Fsp3) is 0.880. The lowest BCUT2D eigenvalue weighted by atomic mass is 9.62. The zero-order valence-corrected chi connectivity index (χ0v) is 17.8. The van der Waals surface area contributed by atoms with Crippen LogP contribution in [0.2, 0.25) is 0 Å². The number of hydrogen-bond acceptors (Lipinski definition) is 5. The van der Waals surface area contributed by atoms with Gasteiger partial charge in [-0.05, 0) is 85.4 Å². The van der Waals surface area contributed by atoms with Crippen molar-refractivity contribution in [3.8, 4) is 6.07 Å². The van der Waals surface area contributed by atoms with Crippen LogP contribution in [0.15, 0.2) is 0 Å². The predicted octanol–water partition coefficient (Wildman–Crippen LogP) is 3.57. The lowest BCUT2D eigenvalue weighted by Crippen LogP contribution is -2.41. The molecule has 5 nitrogen and oxygen atoms in total. The molecule has 1 saturated heterocycles. The maximum Gasteiger partial charge on any atom is 0.327 e. The summed E-state index contributed by atoms with van der Waals surface area (Å²) in [7, 11) is 0. The number of hydrogen-bond donors (Lipinski definition) is 0. The number of rotatable bonds is 3. The molecular weight excluding hydrogens is 378 g/mol. The van der Waals surface area contributed by atoms with Crippen LogP contribution in [0.4, 0.5) is 0 Å². The molecule has 160 valence electrons. The average Bonchev–Trinajstić information content (AvgIpc) is 3.52. The van der Waals surface area contributed by atoms with Gasteiger partial charge >= 0.3 is 11.9 Å². The van der Waals surface area contributed by atoms with Gasteiger partial charge in [0.05, 0.1) is 6.07 Å². The van der Waals surface area contributed by atoms with E-state index in [1.807, 2.05) is 0 Å². The van der Waals surface area contributed by atoms with Crippen molar-refractivity contribution in [2.24, 2.45) is 70.5 Å². The smallest absolute Gasteiger partial charge is 0.327 e. The number of carbonyl (C=O) groups excluding carboxylic acids is 2. The van der Waals surface area contributed by atoms with E-state index in [9.17, 15) is 14.9 Å². The summed E-state index contributed by atoms with van der Waals surface area (Å²) in [6, 6.07) is 2.23. The van der Waals surface area contributed by atoms with Gasteiger partial charge in [0.15, 0.2) is 5.41 Å². The van der Waals surface area contributed by atoms with Gasteiger partial charge in [-0.25, -0.2) is 0 Å². The molecule has 1 heterocycles. The first-order valence-corrected chi connectivity index (χ1v) is 12.2. The van der Waals surface area contributed by atoms with Crippen LogP contribution in [-0.4, -0.2) is 24.1 Å². The molecule has 5 heteroatoms. The van der Waals surface area contributed by atoms with Gasteiger partial charge < -0.3 is 9.47 Å². The molecule has 14 unspecified atom stereocenters. The Kier molecular flexibility index (Phi) is 3.38. The van der Waals surface area contributed by atoms with Crippen molar-refractivity contribution >= 4 is 11.9 Å². The summed E-state index contributed by atoms with van der Waals surface area (Å²) < 4.78 is 11.5. The lowest BCUT2D eigenvalue weighted by Gasteiger charge is -2.43. The van der Waals surface area contributed by atoms with Crippen LogP contribution in [0.25, 0.3) is 0 Å². The standard InChI is InChI=1S/C25H31NO4/c1-10-11(2)16-7-15(10)20-13-3-12(17(4-13)21(16)20)6-19(27)29-22-14-5-18-23(22)30-24(28)25(18,8-14)9-26/h10-18,20-23H,3-8H2,1-2H3. The van der Waals surface area contributed by atoms with E-state index in [-0.39, 0.29) is 29.9 Å². The van der Waals surface area contributed by atoms with E-state index in [0.29, 0.717) is 24.7 Å². The SMILES string of the molecule is CC1C(C)C2CC1C1C3CC(CC(=O)OC4C5CC6C4OC(=O)C6(C#N)C5)C(C3)C21. The number of ether oxygens (including phenoxy) is 2. The Bertz CT molecular complexity index is 879. The molecule has 0 spiro atoms. The largest absolute Gasteiger partial charge is 0.458 e. The van der Waals surface area contributed by atoms with Crippen LogP contribution in [-0.2, 0) is 19.1 Å². The molecule has 0 aromatic heterocycles. The fourth-order valence-electron chi connectivity index (χ4n) is 10.3. The van der Waals surface area contributed by atoms with Crippen LogP contribution in [0, 0.1) is 81.8 Å². The van der Waals surface area contributed by atoms with E-state index in [1.165, 1.54) is 19.3 Å². The molecule has 6 aliphatic carbocycles. The summed E-state index contributed by atoms with van der Waals surface area (Å²) in [6.45, 7) is 4.93. The topological polar surface area (TPSA) is 76.4 Å². The molecule has 0 aromatic rings. The molecule has 7 rings (SSSR count). The number of fused-ring (bicyclic) bond motifs is 10. The maximum absolute atomic E-state index is 13.0. The molecule has 0 radical (unpaired) electrons. The number of nitrogens with zero attached hydrogens (tertiary/aromatic N) is 1. The predicted molar refractivity (Wildman–Crippen MR) is 105 cm³/mol. The van der Waals surface area contributed by atoms with Crippen molar-refractivity contribution in [1.82, 2.24) is 0 Å². The van der Waals surface area contributed by atoms with Crippen LogP contribution < -0.4 is 0 Å². The quantitative estimate of drug-likeness (QED) is 0.526. The summed E-state index contributed by atoms with van der Waals surface area (Å²) >= 11 is 0. The molecule has 7 fully saturated rings. The van der Waals surface area contributed by atoms with Gasteiger partial charge in [0.2, 0.25) is 0 Å². The van der Waals surface area contributed by atoms with Crippen molar-refractivity contribution in [2.45, 2.75) is 64.6 Å². The molecule has 1 aliphatic heterocycles. The summed E-state index contributed by atoms with van der Waals surface area (Å²) in [5, 5.41) is 9.55. The lowest BCUT2D eigenvalue weighted by molar-refractivity contribution is -0.163. The molecule has 14 atom stereocenters. The molecule has 7 aliphatic rings. The Morgan fingerprint density at radius 2 is 1.87 bits per heavy atom. The first kappa shape index (κ1) is 18.0. The first-order valence-electron chi connectivity index (χ1n) is 12.2. The summed E-state index contributed by atoms with van der Waals surface area (Å²) in [6.07, 6.45) is 5.06. The Morgan fingerprint density at radius 1 is 1.10 bits per heavy atom. The molecule has 6 bridgehead atoms. The van der Waals surface area contributed by atoms with Gasteiger partial charge in [0.1, 0.15) is 12.2 Å². The normalized spacial score (nSPS) is 60.7. The van der Waals surface area contributed by atoms with Crippen molar-refractivity contribution in [3.63, 3.8) is 0 Å². The third-order valence-corrected chi connectivity index (χ3v) is 11.4. The van der Waals surface area contributed by atoms with Crippen LogP contribution in [0.1, 0.15) is 52.4 Å². The highest BCUT2D eigenvalue weighted by atomic mass is 16.6. The van der Waals surface area contributed by atoms with Gasteiger partial charge in [-0.2, -0.15) is 5.26 Å². The second-order valence-corrected chi connectivity index (χ2v) is 12.0. The van der Waals surface area contributed by atoms with Crippen molar-refractivity contribution in [2.75, 3.05) is 0 Å². The summed E-state index contributed by atoms with van der Waals surface area (Å²) in [4.78, 5) is 25.2. The second-order valence-electron chi connectivity index (χ2n) is 12.0. The van der Waals surface area contributed by atoms with Gasteiger partial charge in [-0.15, -0.1) is 0 Å². The Morgan fingerprint density at radius 3 is 2.63 bits per heavy atom. The van der Waals surface area contributed by atoms with Crippen molar-refractivity contribution in [1.29, 1.82) is 5.26 Å². The van der Waals surface area contributed by atoms with E-state index >= 15 is 0 Å². The minimum absolute atomic E-state index is 0.0847. The van der Waals surface area contributed by atoms with Gasteiger partial charge in [0.25, 0.3) is 0 Å². The highest BCUT2D eigenvalue weighted by molar-refractivity contribution is 5.84. The van der Waals surface area contributed by atoms with E-state index in [4.69, 9.17) is 9.47 Å². The summed E-state index contributed by atoms with van der Waals surface area (Å²) in [5.74, 6) is 6.88. The Labute approximate surface area is 177 Å². The summed E-state index contributed by atoms with van der Waals surface area (Å²) in [5.41, 5.74) is -0.965. The number of carbonyl (C=O) groups is 2. The van der Waals surface area contributed by atoms with E-state index in [0.717, 1.165) is 47.8 Å². The highest BCUT2D eigenvalue weighted by Crippen LogP contribution is 2.71. The first-order chi connectivity index (χ1) is 14.4. The molecule has 30 heavy (non-hydrogen) atoms. The molecule has 6 saturated carbocycles. The van der Waals surface area contributed by atoms with E-state index in [1.54, 1.807) is 0 Å². The van der Waals surface area contributed by atoms with Crippen LogP contribution >= 0.6 is 0 Å². The van der Waals surface area contributed by atoms with Crippen molar-refractivity contribution in [3.05, 3.63) is 0 Å². The van der Waals surface area contributed by atoms with E-state index in [2.05, 4.69) is 19.9 Å². The molecular formula is C25H31NO4. The van der Waals surface area contributed by atoms with Crippen LogP contribution in [0.5, 0.6) is 0 Å². The van der Waals surface area contributed by atoms with Crippen molar-refractivity contribution < 1.29 is 19.1 Å². The van der Waals surface area contributed by atoms with Crippen LogP contribution in [0.3, 0.4) is 0 Å².